The van der Waals surface area contributed by atoms with Crippen LogP contribution in [0.2, 0.25) is 0 Å². The topological polar surface area (TPSA) is 81.9 Å². The highest BCUT2D eigenvalue weighted by atomic mass is 16.6. The number of hydrogen-bond acceptors (Lipinski definition) is 5. The second-order valence-electron chi connectivity index (χ2n) is 9.73. The summed E-state index contributed by atoms with van der Waals surface area (Å²) in [4.78, 5) is 25.8. The average Bonchev–Trinajstić information content (AvgIpc) is 2.75. The van der Waals surface area contributed by atoms with Gasteiger partial charge in [0.2, 0.25) is 6.54 Å². The molecule has 7 nitrogen and oxygen atoms in total. The van der Waals surface area contributed by atoms with E-state index < -0.39 is 11.7 Å². The number of hydrogen-bond donors (Lipinski definition) is 0. The third kappa shape index (κ3) is 8.54. The van der Waals surface area contributed by atoms with Crippen molar-refractivity contribution in [3.63, 3.8) is 0 Å². The third-order valence-electron chi connectivity index (χ3n) is 5.23. The number of ether oxygens (including phenoxy) is 2. The molecule has 0 aromatic heterocycles. The quantitative estimate of drug-likeness (QED) is 0.287. The Bertz CT molecular complexity index is 949. The number of amides is 1. The highest BCUT2D eigenvalue weighted by Crippen LogP contribution is 2.32. The summed E-state index contributed by atoms with van der Waals surface area (Å²) in [6.45, 7) is 9.39. The molecule has 0 aliphatic rings. The molecule has 2 atom stereocenters. The summed E-state index contributed by atoms with van der Waals surface area (Å²) in [6, 6.07) is 16.8. The van der Waals surface area contributed by atoms with E-state index in [4.69, 9.17) is 9.47 Å². The maximum atomic E-state index is 13.1. The Morgan fingerprint density at radius 1 is 1.09 bits per heavy atom. The molecule has 184 valence electrons. The van der Waals surface area contributed by atoms with Gasteiger partial charge < -0.3 is 9.47 Å². The third-order valence-corrected chi connectivity index (χ3v) is 5.23. The van der Waals surface area contributed by atoms with Crippen molar-refractivity contribution in [2.45, 2.75) is 52.6 Å². The summed E-state index contributed by atoms with van der Waals surface area (Å²) in [5.41, 5.74) is 0.887. The summed E-state index contributed by atoms with van der Waals surface area (Å²) in [7, 11) is 1.58. The Kier molecular flexibility index (Phi) is 9.66. The van der Waals surface area contributed by atoms with Crippen LogP contribution in [-0.2, 0) is 4.74 Å². The molecule has 7 heteroatoms. The highest BCUT2D eigenvalue weighted by molar-refractivity contribution is 5.90. The number of benzene rings is 2. The number of carbonyl (C=O) groups is 1. The molecule has 1 amide bonds. The second kappa shape index (κ2) is 12.2. The highest BCUT2D eigenvalue weighted by Gasteiger charge is 2.28. The molecular formula is C27H36N2O5. The van der Waals surface area contributed by atoms with Gasteiger partial charge in [0.15, 0.2) is 0 Å². The van der Waals surface area contributed by atoms with Crippen molar-refractivity contribution in [1.82, 2.24) is 0 Å². The Morgan fingerprint density at radius 2 is 1.71 bits per heavy atom. The summed E-state index contributed by atoms with van der Waals surface area (Å²) in [6.07, 6.45) is 3.69. The van der Waals surface area contributed by atoms with Crippen LogP contribution in [0.4, 0.5) is 10.5 Å². The average molecular weight is 469 g/mol. The minimum Gasteiger partial charge on any atom is -0.497 e. The molecule has 0 radical (unpaired) electrons. The lowest BCUT2D eigenvalue weighted by Gasteiger charge is -2.27. The van der Waals surface area contributed by atoms with Gasteiger partial charge in [0.05, 0.1) is 12.8 Å². The van der Waals surface area contributed by atoms with Gasteiger partial charge in [-0.2, -0.15) is 0 Å². The molecule has 34 heavy (non-hydrogen) atoms. The zero-order valence-corrected chi connectivity index (χ0v) is 20.9. The number of anilines is 1. The fourth-order valence-electron chi connectivity index (χ4n) is 3.83. The van der Waals surface area contributed by atoms with Gasteiger partial charge in [0.25, 0.3) is 0 Å². The number of methoxy groups -OCH3 is 1. The number of allylic oxidation sites excluding steroid dienone is 1. The number of nitrogens with zero attached hydrogens (tertiary/aromatic N) is 2. The van der Waals surface area contributed by atoms with Crippen molar-refractivity contribution in [3.05, 3.63) is 82.6 Å². The van der Waals surface area contributed by atoms with E-state index in [1.807, 2.05) is 57.2 Å². The first-order valence-corrected chi connectivity index (χ1v) is 11.5. The molecule has 0 aliphatic heterocycles. The van der Waals surface area contributed by atoms with E-state index in [9.17, 15) is 14.9 Å². The lowest BCUT2D eigenvalue weighted by molar-refractivity contribution is -0.489. The Hall–Kier alpha value is -3.35. The molecule has 2 rings (SSSR count). The Labute approximate surface area is 202 Å². The first-order chi connectivity index (χ1) is 16.0. The van der Waals surface area contributed by atoms with Crippen molar-refractivity contribution < 1.29 is 19.2 Å². The molecule has 0 saturated heterocycles. The fraction of sp³-hybridized carbons (Fsp3) is 0.444. The summed E-state index contributed by atoms with van der Waals surface area (Å²) in [5, 5.41) is 11.5. The summed E-state index contributed by atoms with van der Waals surface area (Å²) >= 11 is 0. The normalized spacial score (nSPS) is 13.5. The molecule has 0 spiro atoms. The molecule has 0 bridgehead atoms. The van der Waals surface area contributed by atoms with Crippen LogP contribution in [0.15, 0.2) is 66.9 Å². The van der Waals surface area contributed by atoms with Crippen molar-refractivity contribution in [3.8, 4) is 5.75 Å². The Morgan fingerprint density at radius 3 is 2.21 bits per heavy atom. The van der Waals surface area contributed by atoms with E-state index in [0.29, 0.717) is 17.9 Å². The standard InChI is InChI=1S/C27H36N2O5/c1-20(2)18-22(19-29(31)32)25(21-10-8-7-9-11-21)16-17-28(26(30)34-27(3,4)5)23-12-14-24(33-6)15-13-23/h7-17,20,22,25H,18-19H2,1-6H3/b17-16-/t22?,25-/m1/s1. The smallest absolute Gasteiger partial charge is 0.418 e. The van der Waals surface area contributed by atoms with E-state index in [0.717, 1.165) is 5.56 Å². The van der Waals surface area contributed by atoms with E-state index in [1.165, 1.54) is 4.90 Å². The van der Waals surface area contributed by atoms with Crippen LogP contribution in [0, 0.1) is 22.0 Å². The van der Waals surface area contributed by atoms with Crippen LogP contribution in [0.5, 0.6) is 5.75 Å². The van der Waals surface area contributed by atoms with Gasteiger partial charge in [-0.05, 0) is 62.9 Å². The van der Waals surface area contributed by atoms with E-state index >= 15 is 0 Å². The molecule has 0 fully saturated rings. The minimum atomic E-state index is -0.680. The van der Waals surface area contributed by atoms with Gasteiger partial charge >= 0.3 is 6.09 Å². The lowest BCUT2D eigenvalue weighted by atomic mass is 9.81. The first-order valence-electron chi connectivity index (χ1n) is 11.5. The van der Waals surface area contributed by atoms with Gasteiger partial charge in [-0.1, -0.05) is 50.3 Å². The number of nitro groups is 1. The second-order valence-corrected chi connectivity index (χ2v) is 9.73. The van der Waals surface area contributed by atoms with E-state index in [-0.39, 0.29) is 29.2 Å². The van der Waals surface area contributed by atoms with Crippen molar-refractivity contribution in [2.75, 3.05) is 18.6 Å². The molecule has 0 aliphatic carbocycles. The zero-order valence-electron chi connectivity index (χ0n) is 20.9. The molecule has 0 heterocycles. The fourth-order valence-corrected chi connectivity index (χ4v) is 3.83. The van der Waals surface area contributed by atoms with Gasteiger partial charge in [0.1, 0.15) is 11.4 Å². The summed E-state index contributed by atoms with van der Waals surface area (Å²) in [5.74, 6) is 0.470. The predicted octanol–water partition coefficient (Wildman–Crippen LogP) is 6.67. The van der Waals surface area contributed by atoms with E-state index in [1.54, 1.807) is 37.6 Å². The zero-order chi connectivity index (χ0) is 25.3. The molecule has 2 aromatic carbocycles. The first kappa shape index (κ1) is 26.9. The van der Waals surface area contributed by atoms with Crippen molar-refractivity contribution >= 4 is 11.8 Å². The number of rotatable bonds is 10. The minimum absolute atomic E-state index is 0.156. The monoisotopic (exact) mass is 468 g/mol. The SMILES string of the molecule is COc1ccc(N(/C=C\[C@H](c2ccccc2)C(CC(C)C)C[N+](=O)[O-])C(=O)OC(C)(C)C)cc1. The molecule has 0 N–H and O–H groups in total. The van der Waals surface area contributed by atoms with Crippen LogP contribution in [0.1, 0.15) is 52.5 Å². The number of carbonyl (C=O) groups excluding carboxylic acids is 1. The van der Waals surface area contributed by atoms with E-state index in [2.05, 4.69) is 13.8 Å². The molecule has 0 saturated carbocycles. The molecule has 1 unspecified atom stereocenters. The van der Waals surface area contributed by atoms with Gasteiger partial charge in [-0.3, -0.25) is 15.0 Å². The molecular weight excluding hydrogens is 432 g/mol. The summed E-state index contributed by atoms with van der Waals surface area (Å²) < 4.78 is 10.9. The van der Waals surface area contributed by atoms with Gasteiger partial charge in [0, 0.05) is 23.0 Å². The van der Waals surface area contributed by atoms with Crippen molar-refractivity contribution in [2.24, 2.45) is 11.8 Å². The maximum absolute atomic E-state index is 13.1. The van der Waals surface area contributed by atoms with Crippen molar-refractivity contribution in [1.29, 1.82) is 0 Å². The lowest BCUT2D eigenvalue weighted by Crippen LogP contribution is -2.33. The van der Waals surface area contributed by atoms with Crippen LogP contribution in [0.25, 0.3) is 0 Å². The maximum Gasteiger partial charge on any atom is 0.418 e. The predicted molar refractivity (Wildman–Crippen MR) is 135 cm³/mol. The molecule has 2 aromatic rings. The van der Waals surface area contributed by atoms with Crippen LogP contribution < -0.4 is 9.64 Å². The Balaban J connectivity index is 2.50. The van der Waals surface area contributed by atoms with Crippen LogP contribution in [0.3, 0.4) is 0 Å². The van der Waals surface area contributed by atoms with Gasteiger partial charge in [-0.25, -0.2) is 4.79 Å². The van der Waals surface area contributed by atoms with Gasteiger partial charge in [-0.15, -0.1) is 0 Å². The van der Waals surface area contributed by atoms with Crippen LogP contribution in [-0.4, -0.2) is 30.3 Å². The van der Waals surface area contributed by atoms with Crippen LogP contribution >= 0.6 is 0 Å². The largest absolute Gasteiger partial charge is 0.497 e.